The third kappa shape index (κ3) is 3.73. The van der Waals surface area contributed by atoms with E-state index in [4.69, 9.17) is 9.72 Å². The molecule has 0 spiro atoms. The van der Waals surface area contributed by atoms with E-state index in [9.17, 15) is 4.79 Å². The van der Waals surface area contributed by atoms with Crippen molar-refractivity contribution in [1.29, 1.82) is 0 Å². The van der Waals surface area contributed by atoms with Crippen LogP contribution in [0.1, 0.15) is 12.5 Å². The first-order chi connectivity index (χ1) is 15.5. The number of piperazine rings is 1. The molecule has 7 heteroatoms. The number of methoxy groups -OCH3 is 1. The first kappa shape index (κ1) is 20.6. The molecule has 1 N–H and O–H groups in total. The number of hydrogen-bond donors (Lipinski definition) is 1. The number of nitrogens with one attached hydrogen (secondary N) is 1. The number of nitrogens with zero attached hydrogens (tertiary/aromatic N) is 3. The number of thiophene rings is 1. The first-order valence-corrected chi connectivity index (χ1v) is 11.7. The molecule has 6 nitrogen and oxygen atoms in total. The fraction of sp³-hybridized carbons (Fsp3) is 0.280. The molecule has 164 valence electrons. The number of H-pyrrole nitrogens is 1. The van der Waals surface area contributed by atoms with Crippen LogP contribution in [0.5, 0.6) is 5.75 Å². The van der Waals surface area contributed by atoms with Crippen molar-refractivity contribution in [2.45, 2.75) is 19.9 Å². The quantitative estimate of drug-likeness (QED) is 0.493. The summed E-state index contributed by atoms with van der Waals surface area (Å²) in [7, 11) is 1.65. The molecule has 0 aliphatic carbocycles. The van der Waals surface area contributed by atoms with Gasteiger partial charge in [-0.3, -0.25) is 9.78 Å². The number of anilines is 2. The van der Waals surface area contributed by atoms with Crippen LogP contribution in [0.2, 0.25) is 0 Å². The van der Waals surface area contributed by atoms with Gasteiger partial charge in [-0.05, 0) is 49.2 Å². The van der Waals surface area contributed by atoms with Gasteiger partial charge in [0.15, 0.2) is 0 Å². The SMILES string of the molecule is COc1ccc(-c2csc3c(=O)[nH]c(N4CCN(c5cccc(C)c5)[C@H](C)C4)nc23)cc1. The minimum absolute atomic E-state index is 0.0801. The Morgan fingerprint density at radius 2 is 1.97 bits per heavy atom. The number of fused-ring (bicyclic) bond motifs is 1. The highest BCUT2D eigenvalue weighted by Crippen LogP contribution is 2.33. The third-order valence-electron chi connectivity index (χ3n) is 6.08. The van der Waals surface area contributed by atoms with Crippen LogP contribution >= 0.6 is 11.3 Å². The summed E-state index contributed by atoms with van der Waals surface area (Å²) in [5.74, 6) is 1.45. The maximum Gasteiger partial charge on any atom is 0.270 e. The molecule has 2 aromatic heterocycles. The second-order valence-electron chi connectivity index (χ2n) is 8.27. The van der Waals surface area contributed by atoms with E-state index >= 15 is 0 Å². The Morgan fingerprint density at radius 3 is 2.69 bits per heavy atom. The van der Waals surface area contributed by atoms with Crippen LogP contribution in [-0.2, 0) is 0 Å². The lowest BCUT2D eigenvalue weighted by Crippen LogP contribution is -2.52. The molecule has 0 radical (unpaired) electrons. The summed E-state index contributed by atoms with van der Waals surface area (Å²) >= 11 is 1.44. The number of rotatable bonds is 4. The van der Waals surface area contributed by atoms with Crippen LogP contribution < -0.4 is 20.1 Å². The Bertz CT molecular complexity index is 1310. The van der Waals surface area contributed by atoms with E-state index in [1.165, 1.54) is 22.6 Å². The van der Waals surface area contributed by atoms with E-state index in [1.807, 2.05) is 29.6 Å². The van der Waals surface area contributed by atoms with E-state index in [1.54, 1.807) is 7.11 Å². The van der Waals surface area contributed by atoms with Crippen LogP contribution in [-0.4, -0.2) is 42.8 Å². The molecule has 0 saturated carbocycles. The average Bonchev–Trinajstić information content (AvgIpc) is 3.24. The van der Waals surface area contributed by atoms with Crippen LogP contribution in [0, 0.1) is 6.92 Å². The predicted octanol–water partition coefficient (Wildman–Crippen LogP) is 4.68. The van der Waals surface area contributed by atoms with Gasteiger partial charge in [0.1, 0.15) is 10.4 Å². The summed E-state index contributed by atoms with van der Waals surface area (Å²) in [5.41, 5.74) is 5.19. The normalized spacial score (nSPS) is 16.5. The van der Waals surface area contributed by atoms with Crippen molar-refractivity contribution in [3.63, 3.8) is 0 Å². The highest BCUT2D eigenvalue weighted by atomic mass is 32.1. The van der Waals surface area contributed by atoms with Crippen molar-refractivity contribution in [3.05, 3.63) is 69.8 Å². The van der Waals surface area contributed by atoms with Crippen LogP contribution in [0.3, 0.4) is 0 Å². The molecule has 5 rings (SSSR count). The van der Waals surface area contributed by atoms with Crippen molar-refractivity contribution < 1.29 is 4.74 Å². The van der Waals surface area contributed by atoms with Gasteiger partial charge >= 0.3 is 0 Å². The van der Waals surface area contributed by atoms with Gasteiger partial charge in [0, 0.05) is 42.3 Å². The largest absolute Gasteiger partial charge is 0.497 e. The van der Waals surface area contributed by atoms with Crippen LogP contribution in [0.4, 0.5) is 11.6 Å². The zero-order valence-corrected chi connectivity index (χ0v) is 19.3. The van der Waals surface area contributed by atoms with Crippen molar-refractivity contribution in [2.75, 3.05) is 36.5 Å². The minimum Gasteiger partial charge on any atom is -0.497 e. The highest BCUT2D eigenvalue weighted by molar-refractivity contribution is 7.17. The van der Waals surface area contributed by atoms with Crippen LogP contribution in [0.25, 0.3) is 21.3 Å². The maximum absolute atomic E-state index is 12.8. The Kier molecular flexibility index (Phi) is 5.35. The zero-order valence-electron chi connectivity index (χ0n) is 18.5. The number of aromatic amines is 1. The van der Waals surface area contributed by atoms with Gasteiger partial charge in [0.05, 0.1) is 12.6 Å². The number of aromatic nitrogens is 2. The average molecular weight is 447 g/mol. The number of ether oxygens (including phenoxy) is 1. The topological polar surface area (TPSA) is 61.5 Å². The molecule has 1 aliphatic rings. The predicted molar refractivity (Wildman–Crippen MR) is 132 cm³/mol. The lowest BCUT2D eigenvalue weighted by Gasteiger charge is -2.41. The Balaban J connectivity index is 1.45. The summed E-state index contributed by atoms with van der Waals surface area (Å²) < 4.78 is 5.93. The van der Waals surface area contributed by atoms with Gasteiger partial charge in [-0.25, -0.2) is 4.98 Å². The van der Waals surface area contributed by atoms with Gasteiger partial charge in [-0.2, -0.15) is 0 Å². The molecule has 0 bridgehead atoms. The van der Waals surface area contributed by atoms with Gasteiger partial charge < -0.3 is 14.5 Å². The molecule has 1 fully saturated rings. The molecular weight excluding hydrogens is 420 g/mol. The molecular formula is C25H26N4O2S. The summed E-state index contributed by atoms with van der Waals surface area (Å²) in [6.45, 7) is 6.81. The maximum atomic E-state index is 12.8. The van der Waals surface area contributed by atoms with Crippen molar-refractivity contribution in [1.82, 2.24) is 9.97 Å². The highest BCUT2D eigenvalue weighted by Gasteiger charge is 2.26. The molecule has 32 heavy (non-hydrogen) atoms. The Morgan fingerprint density at radius 1 is 1.16 bits per heavy atom. The fourth-order valence-corrected chi connectivity index (χ4v) is 5.29. The van der Waals surface area contributed by atoms with Crippen molar-refractivity contribution in [2.24, 2.45) is 0 Å². The molecule has 0 unspecified atom stereocenters. The fourth-order valence-electron chi connectivity index (χ4n) is 4.38. The van der Waals surface area contributed by atoms with E-state index in [-0.39, 0.29) is 5.56 Å². The molecule has 4 aromatic rings. The van der Waals surface area contributed by atoms with E-state index in [0.717, 1.165) is 42.0 Å². The number of benzene rings is 2. The van der Waals surface area contributed by atoms with E-state index < -0.39 is 0 Å². The van der Waals surface area contributed by atoms with Gasteiger partial charge in [0.2, 0.25) is 5.95 Å². The summed E-state index contributed by atoms with van der Waals surface area (Å²) in [6.07, 6.45) is 0. The third-order valence-corrected chi connectivity index (χ3v) is 7.04. The van der Waals surface area contributed by atoms with Gasteiger partial charge in [-0.1, -0.05) is 24.3 Å². The summed E-state index contributed by atoms with van der Waals surface area (Å²) in [5, 5.41) is 2.01. The summed E-state index contributed by atoms with van der Waals surface area (Å²) in [4.78, 5) is 25.4. The molecule has 2 aromatic carbocycles. The number of hydrogen-bond acceptors (Lipinski definition) is 6. The zero-order chi connectivity index (χ0) is 22.2. The second kappa shape index (κ2) is 8.31. The smallest absolute Gasteiger partial charge is 0.270 e. The van der Waals surface area contributed by atoms with Gasteiger partial charge in [0.25, 0.3) is 5.56 Å². The summed E-state index contributed by atoms with van der Waals surface area (Å²) in [6, 6.07) is 16.8. The monoisotopic (exact) mass is 446 g/mol. The molecule has 1 atom stereocenters. The number of aryl methyl sites for hydroxylation is 1. The standard InChI is InChI=1S/C25H26N4O2S/c1-16-5-4-6-19(13-16)29-12-11-28(14-17(29)2)25-26-22-21(15-32-23(22)24(30)27-25)18-7-9-20(31-3)10-8-18/h4-10,13,15,17H,11-12,14H2,1-3H3,(H,26,27,30)/t17-/m1/s1. The molecule has 3 heterocycles. The second-order valence-corrected chi connectivity index (χ2v) is 9.15. The molecule has 0 amide bonds. The first-order valence-electron chi connectivity index (χ1n) is 10.8. The van der Waals surface area contributed by atoms with Gasteiger partial charge in [-0.15, -0.1) is 11.3 Å². The van der Waals surface area contributed by atoms with E-state index in [0.29, 0.717) is 16.7 Å². The lowest BCUT2D eigenvalue weighted by atomic mass is 10.1. The molecule has 1 aliphatic heterocycles. The van der Waals surface area contributed by atoms with Crippen LogP contribution in [0.15, 0.2) is 58.7 Å². The van der Waals surface area contributed by atoms with Crippen molar-refractivity contribution >= 4 is 33.2 Å². The Hall–Kier alpha value is -3.32. The van der Waals surface area contributed by atoms with Crippen molar-refractivity contribution in [3.8, 4) is 16.9 Å². The molecule has 1 saturated heterocycles. The van der Waals surface area contributed by atoms with E-state index in [2.05, 4.69) is 52.9 Å². The minimum atomic E-state index is -0.0801. The lowest BCUT2D eigenvalue weighted by molar-refractivity contribution is 0.415. The Labute approximate surface area is 191 Å².